The van der Waals surface area contributed by atoms with Gasteiger partial charge in [-0.1, -0.05) is 29.3 Å². The van der Waals surface area contributed by atoms with Gasteiger partial charge < -0.3 is 24.5 Å². The highest BCUT2D eigenvalue weighted by Gasteiger charge is 2.17. The van der Waals surface area contributed by atoms with Crippen molar-refractivity contribution < 1.29 is 23.5 Å². The number of rotatable bonds is 11. The quantitative estimate of drug-likeness (QED) is 0.252. The van der Waals surface area contributed by atoms with Gasteiger partial charge in [0.1, 0.15) is 11.5 Å². The summed E-state index contributed by atoms with van der Waals surface area (Å²) in [4.78, 5) is 25.7. The molecule has 0 fully saturated rings. The lowest BCUT2D eigenvalue weighted by atomic mass is 10.1. The molecular formula is C25H24Cl2N2O5S. The molecule has 0 saturated heterocycles. The summed E-state index contributed by atoms with van der Waals surface area (Å²) in [7, 11) is 2.99. The Morgan fingerprint density at radius 3 is 2.54 bits per heavy atom. The zero-order valence-electron chi connectivity index (χ0n) is 19.1. The fraction of sp³-hybridized carbons (Fsp3) is 0.200. The number of hydrogen-bond acceptors (Lipinski definition) is 6. The van der Waals surface area contributed by atoms with E-state index in [0.29, 0.717) is 50.9 Å². The minimum Gasteiger partial charge on any atom is -0.493 e. The van der Waals surface area contributed by atoms with Crippen molar-refractivity contribution >= 4 is 52.9 Å². The number of methoxy groups -OCH3 is 2. The molecule has 1 heterocycles. The lowest BCUT2D eigenvalue weighted by molar-refractivity contribution is -0.117. The third-order valence-electron chi connectivity index (χ3n) is 4.77. The molecule has 0 aliphatic rings. The minimum absolute atomic E-state index is 0.0467. The van der Waals surface area contributed by atoms with Gasteiger partial charge in [-0.25, -0.2) is 0 Å². The Balaban J connectivity index is 1.61. The van der Waals surface area contributed by atoms with E-state index in [1.165, 1.54) is 32.6 Å². The second-order valence-electron chi connectivity index (χ2n) is 7.14. The predicted molar refractivity (Wildman–Crippen MR) is 139 cm³/mol. The van der Waals surface area contributed by atoms with Gasteiger partial charge in [-0.15, -0.1) is 0 Å². The van der Waals surface area contributed by atoms with E-state index in [1.807, 2.05) is 6.07 Å². The Labute approximate surface area is 217 Å². The van der Waals surface area contributed by atoms with Gasteiger partial charge in [0.25, 0.3) is 11.8 Å². The van der Waals surface area contributed by atoms with Crippen LogP contribution in [-0.4, -0.2) is 38.3 Å². The highest BCUT2D eigenvalue weighted by molar-refractivity contribution is 7.98. The van der Waals surface area contributed by atoms with Crippen molar-refractivity contribution in [3.63, 3.8) is 0 Å². The molecule has 0 spiro atoms. The second kappa shape index (κ2) is 13.1. The van der Waals surface area contributed by atoms with Crippen molar-refractivity contribution in [2.45, 2.75) is 5.75 Å². The number of furan rings is 1. The summed E-state index contributed by atoms with van der Waals surface area (Å²) in [6, 6.07) is 13.5. The molecule has 7 nitrogen and oxygen atoms in total. The first-order valence-electron chi connectivity index (χ1n) is 10.5. The van der Waals surface area contributed by atoms with Crippen LogP contribution in [0, 0.1) is 0 Å². The lowest BCUT2D eigenvalue weighted by Crippen LogP contribution is -2.35. The van der Waals surface area contributed by atoms with E-state index in [9.17, 15) is 9.59 Å². The van der Waals surface area contributed by atoms with Crippen molar-refractivity contribution in [1.29, 1.82) is 0 Å². The number of carbonyl (C=O) groups excluding carboxylic acids is 2. The number of benzene rings is 2. The van der Waals surface area contributed by atoms with Crippen molar-refractivity contribution in [2.75, 3.05) is 26.5 Å². The van der Waals surface area contributed by atoms with Crippen LogP contribution in [0.15, 0.2) is 64.9 Å². The molecule has 0 bridgehead atoms. The summed E-state index contributed by atoms with van der Waals surface area (Å²) in [6.45, 7) is 0.385. The number of ether oxygens (including phenoxy) is 2. The molecule has 0 aliphatic carbocycles. The molecule has 2 N–H and O–H groups in total. The van der Waals surface area contributed by atoms with Crippen LogP contribution in [-0.2, 0) is 10.5 Å². The molecule has 0 aliphatic heterocycles. The Morgan fingerprint density at radius 2 is 1.86 bits per heavy atom. The van der Waals surface area contributed by atoms with Gasteiger partial charge in [0.2, 0.25) is 0 Å². The summed E-state index contributed by atoms with van der Waals surface area (Å²) >= 11 is 13.7. The number of thioether (sulfide) groups is 1. The van der Waals surface area contributed by atoms with Gasteiger partial charge in [-0.05, 0) is 48.0 Å². The molecule has 3 aromatic rings. The first-order valence-corrected chi connectivity index (χ1v) is 12.4. The standard InChI is InChI=1S/C25H24Cl2N2O5S/c1-32-22-8-6-16(12-23(22)33-2)24(30)29-21(14-19-4-3-10-34-19)25(31)28-9-11-35-15-17-5-7-18(26)13-20(17)27/h3-8,10,12-14H,9,11,15H2,1-2H3,(H,28,31)(H,29,30)/b21-14-. The maximum absolute atomic E-state index is 12.9. The van der Waals surface area contributed by atoms with Gasteiger partial charge in [0, 0.05) is 39.7 Å². The summed E-state index contributed by atoms with van der Waals surface area (Å²) in [5.41, 5.74) is 1.31. The summed E-state index contributed by atoms with van der Waals surface area (Å²) < 4.78 is 15.8. The summed E-state index contributed by atoms with van der Waals surface area (Å²) in [5, 5.41) is 6.67. The largest absolute Gasteiger partial charge is 0.493 e. The molecule has 2 amide bonds. The third kappa shape index (κ3) is 7.71. The van der Waals surface area contributed by atoms with E-state index in [2.05, 4.69) is 10.6 Å². The molecule has 0 radical (unpaired) electrons. The van der Waals surface area contributed by atoms with Gasteiger partial charge in [-0.3, -0.25) is 9.59 Å². The molecule has 10 heteroatoms. The van der Waals surface area contributed by atoms with Gasteiger partial charge in [0.05, 0.1) is 20.5 Å². The van der Waals surface area contributed by atoms with Crippen LogP contribution in [0.2, 0.25) is 10.0 Å². The predicted octanol–water partition coefficient (Wildman–Crippen LogP) is 5.42. The second-order valence-corrected chi connectivity index (χ2v) is 9.09. The monoisotopic (exact) mass is 534 g/mol. The van der Waals surface area contributed by atoms with E-state index >= 15 is 0 Å². The molecule has 184 valence electrons. The zero-order valence-corrected chi connectivity index (χ0v) is 21.4. The van der Waals surface area contributed by atoms with Crippen LogP contribution in [0.1, 0.15) is 21.7 Å². The molecule has 35 heavy (non-hydrogen) atoms. The van der Waals surface area contributed by atoms with Crippen molar-refractivity contribution in [3.05, 3.63) is 87.4 Å². The third-order valence-corrected chi connectivity index (χ3v) is 6.37. The van der Waals surface area contributed by atoms with Crippen LogP contribution in [0.3, 0.4) is 0 Å². The van der Waals surface area contributed by atoms with Crippen molar-refractivity contribution in [3.8, 4) is 11.5 Å². The van der Waals surface area contributed by atoms with Crippen LogP contribution >= 0.6 is 35.0 Å². The van der Waals surface area contributed by atoms with E-state index in [1.54, 1.807) is 48.2 Å². The number of amides is 2. The maximum Gasteiger partial charge on any atom is 0.267 e. The van der Waals surface area contributed by atoms with Gasteiger partial charge >= 0.3 is 0 Å². The maximum atomic E-state index is 12.9. The van der Waals surface area contributed by atoms with Crippen molar-refractivity contribution in [1.82, 2.24) is 10.6 Å². The topological polar surface area (TPSA) is 89.8 Å². The van der Waals surface area contributed by atoms with Crippen LogP contribution in [0.5, 0.6) is 11.5 Å². The number of hydrogen-bond donors (Lipinski definition) is 2. The van der Waals surface area contributed by atoms with Gasteiger partial charge in [0.15, 0.2) is 11.5 Å². The molecular weight excluding hydrogens is 511 g/mol. The zero-order chi connectivity index (χ0) is 25.2. The molecule has 0 atom stereocenters. The number of nitrogens with one attached hydrogen (secondary N) is 2. The Hall–Kier alpha value is -3.07. The Kier molecular flexibility index (Phi) is 9.96. The molecule has 2 aromatic carbocycles. The molecule has 0 saturated carbocycles. The first-order chi connectivity index (χ1) is 16.9. The van der Waals surface area contributed by atoms with Crippen LogP contribution < -0.4 is 20.1 Å². The lowest BCUT2D eigenvalue weighted by Gasteiger charge is -2.12. The summed E-state index contributed by atoms with van der Waals surface area (Å²) in [5.74, 6) is 1.71. The van der Waals surface area contributed by atoms with Crippen molar-refractivity contribution in [2.24, 2.45) is 0 Å². The highest BCUT2D eigenvalue weighted by Crippen LogP contribution is 2.28. The average molecular weight is 535 g/mol. The average Bonchev–Trinajstić information content (AvgIpc) is 3.37. The minimum atomic E-state index is -0.481. The van der Waals surface area contributed by atoms with E-state index in [4.69, 9.17) is 37.1 Å². The highest BCUT2D eigenvalue weighted by atomic mass is 35.5. The Morgan fingerprint density at radius 1 is 1.06 bits per heavy atom. The van der Waals surface area contributed by atoms with E-state index in [-0.39, 0.29) is 5.70 Å². The normalized spacial score (nSPS) is 11.1. The fourth-order valence-corrected chi connectivity index (χ4v) is 4.42. The number of carbonyl (C=O) groups is 2. The first kappa shape index (κ1) is 26.5. The fourth-order valence-electron chi connectivity index (χ4n) is 3.00. The summed E-state index contributed by atoms with van der Waals surface area (Å²) in [6.07, 6.45) is 2.95. The van der Waals surface area contributed by atoms with Crippen LogP contribution in [0.4, 0.5) is 0 Å². The smallest absolute Gasteiger partial charge is 0.267 e. The SMILES string of the molecule is COc1ccc(C(=O)N/C(=C\c2ccco2)C(=O)NCCSCc2ccc(Cl)cc2Cl)cc1OC. The Bertz CT molecular complexity index is 1200. The van der Waals surface area contributed by atoms with E-state index in [0.717, 1.165) is 5.56 Å². The molecule has 0 unspecified atom stereocenters. The van der Waals surface area contributed by atoms with Crippen LogP contribution in [0.25, 0.3) is 6.08 Å². The van der Waals surface area contributed by atoms with Gasteiger partial charge in [-0.2, -0.15) is 11.8 Å². The number of halogens is 2. The molecule has 3 rings (SSSR count). The molecule has 1 aromatic heterocycles. The van der Waals surface area contributed by atoms with E-state index < -0.39 is 11.8 Å².